The summed E-state index contributed by atoms with van der Waals surface area (Å²) in [6.45, 7) is 4.96. The summed E-state index contributed by atoms with van der Waals surface area (Å²) in [4.78, 5) is 33.4. The van der Waals surface area contributed by atoms with Crippen LogP contribution in [0.4, 0.5) is 0 Å². The molecule has 10 nitrogen and oxygen atoms in total. The maximum Gasteiger partial charge on any atom is 0.330 e. The van der Waals surface area contributed by atoms with E-state index in [9.17, 15) is 9.59 Å². The second kappa shape index (κ2) is 10.7. The zero-order chi connectivity index (χ0) is 25.8. The number of para-hydroxylation sites is 1. The molecule has 10 heteroatoms. The molecule has 37 heavy (non-hydrogen) atoms. The second-order valence-corrected chi connectivity index (χ2v) is 9.12. The van der Waals surface area contributed by atoms with Crippen molar-refractivity contribution < 1.29 is 0 Å². The van der Waals surface area contributed by atoms with E-state index < -0.39 is 5.69 Å². The van der Waals surface area contributed by atoms with Crippen LogP contribution in [0.25, 0.3) is 28.0 Å². The van der Waals surface area contributed by atoms with Crippen molar-refractivity contribution in [3.8, 4) is 16.8 Å². The van der Waals surface area contributed by atoms with Gasteiger partial charge in [0.15, 0.2) is 11.2 Å². The Morgan fingerprint density at radius 1 is 0.919 bits per heavy atom. The van der Waals surface area contributed by atoms with Gasteiger partial charge in [0, 0.05) is 25.1 Å². The smallest absolute Gasteiger partial charge is 0.318 e. The topological polar surface area (TPSA) is 116 Å². The fourth-order valence-corrected chi connectivity index (χ4v) is 4.67. The maximum atomic E-state index is 13.3. The molecule has 0 radical (unpaired) electrons. The van der Waals surface area contributed by atoms with Gasteiger partial charge in [0.1, 0.15) is 12.2 Å². The van der Waals surface area contributed by atoms with Gasteiger partial charge in [-0.1, -0.05) is 69.2 Å². The Morgan fingerprint density at radius 3 is 2.46 bits per heavy atom. The van der Waals surface area contributed by atoms with E-state index in [4.69, 9.17) is 0 Å². The highest BCUT2D eigenvalue weighted by Gasteiger charge is 2.18. The predicted octanol–water partition coefficient (Wildman–Crippen LogP) is 3.72. The quantitative estimate of drug-likeness (QED) is 0.293. The van der Waals surface area contributed by atoms with Crippen molar-refractivity contribution >= 4 is 11.2 Å². The lowest BCUT2D eigenvalue weighted by Gasteiger charge is -2.12. The van der Waals surface area contributed by atoms with Gasteiger partial charge < -0.3 is 4.57 Å². The van der Waals surface area contributed by atoms with Crippen molar-refractivity contribution in [2.24, 2.45) is 0 Å². The molecule has 0 atom stereocenters. The predicted molar refractivity (Wildman–Crippen MR) is 142 cm³/mol. The Bertz CT molecular complexity index is 1610. The van der Waals surface area contributed by atoms with Crippen molar-refractivity contribution in [3.63, 3.8) is 0 Å². The Labute approximate surface area is 213 Å². The number of nitrogens with one attached hydrogen (secondary N) is 1. The van der Waals surface area contributed by atoms with Crippen LogP contribution in [0.5, 0.6) is 0 Å². The number of hydrogen-bond donors (Lipinski definition) is 1. The third-order valence-corrected chi connectivity index (χ3v) is 6.52. The number of hydrogen-bond acceptors (Lipinski definition) is 6. The lowest BCUT2D eigenvalue weighted by Crippen LogP contribution is -2.35. The van der Waals surface area contributed by atoms with Crippen molar-refractivity contribution in [1.29, 1.82) is 0 Å². The third kappa shape index (κ3) is 4.87. The van der Waals surface area contributed by atoms with Gasteiger partial charge in [-0.2, -0.15) is 4.68 Å². The largest absolute Gasteiger partial charge is 0.330 e. The number of tetrazole rings is 1. The molecule has 3 heterocycles. The van der Waals surface area contributed by atoms with E-state index in [0.717, 1.165) is 53.9 Å². The number of H-pyrrole nitrogens is 1. The van der Waals surface area contributed by atoms with Gasteiger partial charge in [0.05, 0.1) is 5.69 Å². The van der Waals surface area contributed by atoms with Gasteiger partial charge in [-0.15, -0.1) is 5.10 Å². The molecule has 0 bridgehead atoms. The van der Waals surface area contributed by atoms with Crippen LogP contribution < -0.4 is 11.2 Å². The van der Waals surface area contributed by atoms with E-state index in [1.807, 2.05) is 35.8 Å². The third-order valence-electron chi connectivity index (χ3n) is 6.52. The van der Waals surface area contributed by atoms with E-state index in [1.165, 1.54) is 4.57 Å². The zero-order valence-electron chi connectivity index (χ0n) is 21.1. The summed E-state index contributed by atoms with van der Waals surface area (Å²) in [7, 11) is 0. The Hall–Kier alpha value is -4.34. The first-order chi connectivity index (χ1) is 18.1. The summed E-state index contributed by atoms with van der Waals surface area (Å²) < 4.78 is 4.89. The van der Waals surface area contributed by atoms with E-state index in [2.05, 4.69) is 56.7 Å². The van der Waals surface area contributed by atoms with Crippen LogP contribution in [-0.2, 0) is 19.5 Å². The first-order valence-corrected chi connectivity index (χ1v) is 12.7. The molecule has 2 aromatic carbocycles. The average molecular weight is 499 g/mol. The van der Waals surface area contributed by atoms with Gasteiger partial charge in [0.2, 0.25) is 0 Å². The number of fused-ring (bicyclic) bond motifs is 1. The highest BCUT2D eigenvalue weighted by molar-refractivity contribution is 5.73. The monoisotopic (exact) mass is 498 g/mol. The maximum absolute atomic E-state index is 13.3. The number of benzene rings is 2. The molecule has 3 aromatic heterocycles. The second-order valence-electron chi connectivity index (χ2n) is 9.12. The summed E-state index contributed by atoms with van der Waals surface area (Å²) in [6, 6.07) is 16.2. The lowest BCUT2D eigenvalue weighted by molar-refractivity contribution is 0.617. The first kappa shape index (κ1) is 24.4. The van der Waals surface area contributed by atoms with E-state index in [1.54, 1.807) is 11.0 Å². The van der Waals surface area contributed by atoms with Crippen molar-refractivity contribution in [2.45, 2.75) is 59.0 Å². The molecular weight excluding hydrogens is 468 g/mol. The van der Waals surface area contributed by atoms with E-state index in [0.29, 0.717) is 30.7 Å². The molecule has 0 unspecified atom stereocenters. The SMILES string of the molecule is CCCCCc1nc2[nH]c(=O)n(CCC)c(=O)c2n1Cc1ccc(-c2ccccc2-n2cnnn2)cc1. The fraction of sp³-hybridized carbons (Fsp3) is 0.333. The molecule has 0 saturated heterocycles. The molecule has 0 saturated carbocycles. The summed E-state index contributed by atoms with van der Waals surface area (Å²) in [6.07, 6.45) is 6.16. The molecule has 5 aromatic rings. The first-order valence-electron chi connectivity index (χ1n) is 12.7. The summed E-state index contributed by atoms with van der Waals surface area (Å²) >= 11 is 0. The molecule has 190 valence electrons. The van der Waals surface area contributed by atoms with Crippen molar-refractivity contribution in [2.75, 3.05) is 0 Å². The molecule has 0 fully saturated rings. The van der Waals surface area contributed by atoms with Crippen molar-refractivity contribution in [3.05, 3.63) is 87.1 Å². The van der Waals surface area contributed by atoms with Crippen LogP contribution in [0, 0.1) is 0 Å². The summed E-state index contributed by atoms with van der Waals surface area (Å²) in [5.74, 6) is 0.818. The minimum absolute atomic E-state index is 0.290. The highest BCUT2D eigenvalue weighted by Crippen LogP contribution is 2.27. The van der Waals surface area contributed by atoms with Crippen LogP contribution in [0.2, 0.25) is 0 Å². The van der Waals surface area contributed by atoms with Crippen LogP contribution in [-0.4, -0.2) is 39.3 Å². The molecule has 0 aliphatic rings. The van der Waals surface area contributed by atoms with Crippen LogP contribution in [0.1, 0.15) is 50.9 Å². The molecule has 5 rings (SSSR count). The Kier molecular flexibility index (Phi) is 7.07. The van der Waals surface area contributed by atoms with Gasteiger partial charge in [-0.05, 0) is 40.5 Å². The minimum Gasteiger partial charge on any atom is -0.318 e. The number of nitrogens with zero attached hydrogens (tertiary/aromatic N) is 7. The number of rotatable bonds is 10. The summed E-state index contributed by atoms with van der Waals surface area (Å²) in [5.41, 5.74) is 4.08. The van der Waals surface area contributed by atoms with Gasteiger partial charge in [-0.3, -0.25) is 14.3 Å². The number of unbranched alkanes of at least 4 members (excludes halogenated alkanes) is 2. The lowest BCUT2D eigenvalue weighted by atomic mass is 10.0. The van der Waals surface area contributed by atoms with Gasteiger partial charge >= 0.3 is 5.69 Å². The van der Waals surface area contributed by atoms with Crippen molar-refractivity contribution in [1.82, 2.24) is 39.3 Å². The van der Waals surface area contributed by atoms with Gasteiger partial charge in [0.25, 0.3) is 5.56 Å². The minimum atomic E-state index is -0.408. The Morgan fingerprint density at radius 2 is 1.73 bits per heavy atom. The average Bonchev–Trinajstić information content (AvgIpc) is 3.56. The van der Waals surface area contributed by atoms with Crippen LogP contribution in [0.3, 0.4) is 0 Å². The van der Waals surface area contributed by atoms with Crippen LogP contribution >= 0.6 is 0 Å². The number of imidazole rings is 1. The molecule has 0 aliphatic carbocycles. The normalized spacial score (nSPS) is 11.4. The van der Waals surface area contributed by atoms with Crippen LogP contribution in [0.15, 0.2) is 64.4 Å². The molecule has 0 aliphatic heterocycles. The molecule has 1 N–H and O–H groups in total. The van der Waals surface area contributed by atoms with E-state index in [-0.39, 0.29) is 5.56 Å². The number of aromatic nitrogens is 8. The number of aromatic amines is 1. The number of aryl methyl sites for hydroxylation is 1. The highest BCUT2D eigenvalue weighted by atomic mass is 16.2. The standard InChI is InChI=1S/C27H30N8O2/c1-3-5-6-11-23-29-25-24(26(36)33(16-4-2)27(37)30-25)34(23)17-19-12-14-20(15-13-19)21-9-7-8-10-22(21)35-18-28-31-32-35/h7-10,12-15,18H,3-6,11,16-17H2,1-2H3,(H,30,37). The van der Waals surface area contributed by atoms with E-state index >= 15 is 0 Å². The fourth-order valence-electron chi connectivity index (χ4n) is 4.67. The molecular formula is C27H30N8O2. The molecule has 0 spiro atoms. The Balaban J connectivity index is 1.53. The molecule has 0 amide bonds. The van der Waals surface area contributed by atoms with Gasteiger partial charge in [-0.25, -0.2) is 9.78 Å². The zero-order valence-corrected chi connectivity index (χ0v) is 21.1. The summed E-state index contributed by atoms with van der Waals surface area (Å²) in [5, 5.41) is 11.5.